The third kappa shape index (κ3) is 3.96. The topological polar surface area (TPSA) is 58.2 Å². The van der Waals surface area contributed by atoms with Gasteiger partial charge < -0.3 is 10.6 Å². The summed E-state index contributed by atoms with van der Waals surface area (Å²) in [6.07, 6.45) is 0. The monoisotopic (exact) mass is 340 g/mol. The Balaban J connectivity index is 2.27. The van der Waals surface area contributed by atoms with Crippen LogP contribution in [0.5, 0.6) is 0 Å². The summed E-state index contributed by atoms with van der Waals surface area (Å²) < 4.78 is 13.8. The molecule has 0 radical (unpaired) electrons. The molecule has 0 unspecified atom stereocenters. The van der Waals surface area contributed by atoms with Crippen molar-refractivity contribution >= 4 is 46.4 Å². The number of anilines is 2. The molecular formula is C15H11Cl2FN2O2. The molecule has 0 heterocycles. The van der Waals surface area contributed by atoms with Crippen LogP contribution in [0, 0.1) is 5.82 Å². The molecule has 0 saturated heterocycles. The van der Waals surface area contributed by atoms with E-state index in [1.54, 1.807) is 6.07 Å². The number of nitrogens with one attached hydrogen (secondary N) is 2. The minimum absolute atomic E-state index is 0.0766. The molecule has 0 aromatic heterocycles. The molecule has 4 nitrogen and oxygen atoms in total. The fraction of sp³-hybridized carbons (Fsp3) is 0.0667. The number of hydrogen-bond donors (Lipinski definition) is 2. The zero-order valence-electron chi connectivity index (χ0n) is 11.4. The van der Waals surface area contributed by atoms with Crippen molar-refractivity contribution in [1.29, 1.82) is 0 Å². The van der Waals surface area contributed by atoms with E-state index in [1.807, 2.05) is 0 Å². The molecule has 2 N–H and O–H groups in total. The maximum Gasteiger partial charge on any atom is 0.257 e. The van der Waals surface area contributed by atoms with Gasteiger partial charge >= 0.3 is 0 Å². The third-order valence-corrected chi connectivity index (χ3v) is 3.27. The summed E-state index contributed by atoms with van der Waals surface area (Å²) >= 11 is 11.7. The summed E-state index contributed by atoms with van der Waals surface area (Å²) in [7, 11) is 0. The van der Waals surface area contributed by atoms with Gasteiger partial charge in [-0.2, -0.15) is 0 Å². The zero-order chi connectivity index (χ0) is 16.3. The Labute approximate surface area is 136 Å². The molecule has 114 valence electrons. The number of carbonyl (C=O) groups is 2. The molecule has 0 spiro atoms. The van der Waals surface area contributed by atoms with Gasteiger partial charge in [0.15, 0.2) is 0 Å². The van der Waals surface area contributed by atoms with Gasteiger partial charge in [0, 0.05) is 17.6 Å². The molecule has 2 rings (SSSR count). The molecule has 7 heteroatoms. The van der Waals surface area contributed by atoms with Crippen LogP contribution >= 0.6 is 23.2 Å². The number of halogens is 3. The Bertz CT molecular complexity index is 750. The average molecular weight is 341 g/mol. The van der Waals surface area contributed by atoms with E-state index in [2.05, 4.69) is 10.6 Å². The van der Waals surface area contributed by atoms with Gasteiger partial charge in [0.1, 0.15) is 5.82 Å². The highest BCUT2D eigenvalue weighted by atomic mass is 35.5. The van der Waals surface area contributed by atoms with Crippen LogP contribution in [0.4, 0.5) is 15.8 Å². The van der Waals surface area contributed by atoms with E-state index < -0.39 is 11.7 Å². The van der Waals surface area contributed by atoms with Gasteiger partial charge in [0.2, 0.25) is 5.91 Å². The van der Waals surface area contributed by atoms with Crippen LogP contribution in [0.3, 0.4) is 0 Å². The number of amides is 2. The number of rotatable bonds is 3. The molecule has 0 saturated carbocycles. The van der Waals surface area contributed by atoms with Crippen LogP contribution in [0.1, 0.15) is 17.3 Å². The Kier molecular flexibility index (Phi) is 5.00. The van der Waals surface area contributed by atoms with Gasteiger partial charge in [0.25, 0.3) is 5.91 Å². The summed E-state index contributed by atoms with van der Waals surface area (Å²) in [5.74, 6) is -1.55. The van der Waals surface area contributed by atoms with E-state index in [0.29, 0.717) is 10.7 Å². The number of benzene rings is 2. The second kappa shape index (κ2) is 6.77. The molecule has 2 aromatic rings. The maximum absolute atomic E-state index is 13.8. The van der Waals surface area contributed by atoms with Gasteiger partial charge in [-0.15, -0.1) is 0 Å². The number of hydrogen-bond acceptors (Lipinski definition) is 2. The van der Waals surface area contributed by atoms with Crippen molar-refractivity contribution in [3.05, 3.63) is 57.8 Å². The SMILES string of the molecule is CC(=O)Nc1ccc(F)c(NC(=O)c2cc(Cl)ccc2Cl)c1. The predicted molar refractivity (Wildman–Crippen MR) is 85.1 cm³/mol. The standard InChI is InChI=1S/C15H11Cl2FN2O2/c1-8(21)19-10-3-5-13(18)14(7-10)20-15(22)11-6-9(16)2-4-12(11)17/h2-7H,1H3,(H,19,21)(H,20,22). The highest BCUT2D eigenvalue weighted by Gasteiger charge is 2.14. The minimum Gasteiger partial charge on any atom is -0.326 e. The van der Waals surface area contributed by atoms with E-state index in [-0.39, 0.29) is 22.2 Å². The van der Waals surface area contributed by atoms with Crippen LogP contribution < -0.4 is 10.6 Å². The van der Waals surface area contributed by atoms with E-state index in [0.717, 1.165) is 6.07 Å². The van der Waals surface area contributed by atoms with Crippen molar-refractivity contribution in [2.75, 3.05) is 10.6 Å². The van der Waals surface area contributed by atoms with Crippen molar-refractivity contribution in [3.63, 3.8) is 0 Å². The molecular weight excluding hydrogens is 330 g/mol. The zero-order valence-corrected chi connectivity index (χ0v) is 12.9. The lowest BCUT2D eigenvalue weighted by Crippen LogP contribution is -2.14. The molecule has 0 bridgehead atoms. The average Bonchev–Trinajstić information content (AvgIpc) is 2.44. The molecule has 2 aromatic carbocycles. The summed E-state index contributed by atoms with van der Waals surface area (Å²) in [6.45, 7) is 1.33. The normalized spacial score (nSPS) is 10.2. The maximum atomic E-state index is 13.8. The van der Waals surface area contributed by atoms with Crippen molar-refractivity contribution in [3.8, 4) is 0 Å². The lowest BCUT2D eigenvalue weighted by atomic mass is 10.2. The molecule has 0 atom stereocenters. The summed E-state index contributed by atoms with van der Waals surface area (Å²) in [6, 6.07) is 8.24. The van der Waals surface area contributed by atoms with Crippen LogP contribution in [-0.4, -0.2) is 11.8 Å². The Morgan fingerprint density at radius 3 is 2.45 bits per heavy atom. The first kappa shape index (κ1) is 16.3. The predicted octanol–water partition coefficient (Wildman–Crippen LogP) is 4.34. The highest BCUT2D eigenvalue weighted by molar-refractivity contribution is 6.36. The second-order valence-corrected chi connectivity index (χ2v) is 5.30. The largest absolute Gasteiger partial charge is 0.326 e. The first-order valence-corrected chi connectivity index (χ1v) is 6.96. The van der Waals surface area contributed by atoms with Gasteiger partial charge in [-0.25, -0.2) is 4.39 Å². The van der Waals surface area contributed by atoms with E-state index in [1.165, 1.54) is 31.2 Å². The van der Waals surface area contributed by atoms with E-state index in [4.69, 9.17) is 23.2 Å². The Hall–Kier alpha value is -2.11. The fourth-order valence-electron chi connectivity index (χ4n) is 1.76. The van der Waals surface area contributed by atoms with Crippen LogP contribution in [-0.2, 0) is 4.79 Å². The molecule has 0 fully saturated rings. The van der Waals surface area contributed by atoms with Crippen LogP contribution in [0.2, 0.25) is 10.0 Å². The third-order valence-electron chi connectivity index (χ3n) is 2.71. The van der Waals surface area contributed by atoms with Gasteiger partial charge in [-0.3, -0.25) is 9.59 Å². The lowest BCUT2D eigenvalue weighted by Gasteiger charge is -2.10. The fourth-order valence-corrected chi connectivity index (χ4v) is 2.14. The van der Waals surface area contributed by atoms with Crippen LogP contribution in [0.15, 0.2) is 36.4 Å². The summed E-state index contributed by atoms with van der Waals surface area (Å²) in [5.41, 5.74) is 0.409. The van der Waals surface area contributed by atoms with Gasteiger partial charge in [0.05, 0.1) is 16.3 Å². The van der Waals surface area contributed by atoms with Crippen LogP contribution in [0.25, 0.3) is 0 Å². The smallest absolute Gasteiger partial charge is 0.257 e. The summed E-state index contributed by atoms with van der Waals surface area (Å²) in [5, 5.41) is 5.43. The summed E-state index contributed by atoms with van der Waals surface area (Å²) in [4.78, 5) is 23.2. The van der Waals surface area contributed by atoms with Crippen molar-refractivity contribution in [2.45, 2.75) is 6.92 Å². The minimum atomic E-state index is -0.638. The van der Waals surface area contributed by atoms with Crippen molar-refractivity contribution in [1.82, 2.24) is 0 Å². The Morgan fingerprint density at radius 2 is 1.77 bits per heavy atom. The Morgan fingerprint density at radius 1 is 1.05 bits per heavy atom. The first-order valence-electron chi connectivity index (χ1n) is 6.20. The lowest BCUT2D eigenvalue weighted by molar-refractivity contribution is -0.114. The number of carbonyl (C=O) groups excluding carboxylic acids is 2. The second-order valence-electron chi connectivity index (χ2n) is 4.45. The molecule has 0 aliphatic rings. The van der Waals surface area contributed by atoms with Gasteiger partial charge in [-0.1, -0.05) is 23.2 Å². The molecule has 22 heavy (non-hydrogen) atoms. The molecule has 0 aliphatic heterocycles. The molecule has 2 amide bonds. The van der Waals surface area contributed by atoms with Gasteiger partial charge in [-0.05, 0) is 36.4 Å². The van der Waals surface area contributed by atoms with E-state index in [9.17, 15) is 14.0 Å². The van der Waals surface area contributed by atoms with E-state index >= 15 is 0 Å². The highest BCUT2D eigenvalue weighted by Crippen LogP contribution is 2.24. The van der Waals surface area contributed by atoms with Crippen molar-refractivity contribution < 1.29 is 14.0 Å². The molecule has 0 aliphatic carbocycles. The quantitative estimate of drug-likeness (QED) is 0.872. The first-order chi connectivity index (χ1) is 10.4. The van der Waals surface area contributed by atoms with Crippen molar-refractivity contribution in [2.24, 2.45) is 0 Å².